The number of hydrogen-bond donors (Lipinski definition) is 2. The van der Waals surface area contributed by atoms with Crippen molar-refractivity contribution in [2.24, 2.45) is 11.8 Å². The van der Waals surface area contributed by atoms with E-state index in [2.05, 4.69) is 17.4 Å². The van der Waals surface area contributed by atoms with E-state index in [0.29, 0.717) is 18.8 Å². The van der Waals surface area contributed by atoms with Gasteiger partial charge in [0.25, 0.3) is 5.91 Å². The number of nitrogens with one attached hydrogen (secondary N) is 1. The van der Waals surface area contributed by atoms with Crippen LogP contribution in [-0.2, 0) is 15.3 Å². The Morgan fingerprint density at radius 2 is 1.75 bits per heavy atom. The SMILES string of the molecule is O=C(NCC(C(=O)O)C1CCOCC1)c1ccc(SCc2ccccc2)cc1. The average Bonchev–Trinajstić information content (AvgIpc) is 2.74. The van der Waals surface area contributed by atoms with Crippen LogP contribution in [0, 0.1) is 11.8 Å². The Morgan fingerprint density at radius 3 is 2.39 bits per heavy atom. The Labute approximate surface area is 169 Å². The second kappa shape index (κ2) is 10.3. The lowest BCUT2D eigenvalue weighted by atomic mass is 9.86. The zero-order valence-corrected chi connectivity index (χ0v) is 16.5. The molecular formula is C22H25NO4S. The summed E-state index contributed by atoms with van der Waals surface area (Å²) < 4.78 is 5.30. The Kier molecular flexibility index (Phi) is 7.51. The highest BCUT2D eigenvalue weighted by Gasteiger charge is 2.30. The molecule has 1 saturated heterocycles. The Balaban J connectivity index is 1.51. The Bertz CT molecular complexity index is 773. The molecule has 28 heavy (non-hydrogen) atoms. The smallest absolute Gasteiger partial charge is 0.308 e. The van der Waals surface area contributed by atoms with Crippen molar-refractivity contribution in [3.8, 4) is 0 Å². The van der Waals surface area contributed by atoms with Crippen LogP contribution in [0.1, 0.15) is 28.8 Å². The standard InChI is InChI=1S/C22H25NO4S/c24-21(23-14-20(22(25)26)17-10-12-27-13-11-17)18-6-8-19(9-7-18)28-15-16-4-2-1-3-5-16/h1-9,17,20H,10-15H2,(H,23,24)(H,25,26). The van der Waals surface area contributed by atoms with Gasteiger partial charge in [-0.15, -0.1) is 11.8 Å². The molecule has 3 rings (SSSR count). The number of amides is 1. The highest BCUT2D eigenvalue weighted by molar-refractivity contribution is 7.98. The maximum absolute atomic E-state index is 12.4. The van der Waals surface area contributed by atoms with Crippen LogP contribution in [0.5, 0.6) is 0 Å². The summed E-state index contributed by atoms with van der Waals surface area (Å²) in [6.45, 7) is 1.32. The number of ether oxygens (including phenoxy) is 1. The van der Waals surface area contributed by atoms with Crippen molar-refractivity contribution in [1.82, 2.24) is 5.32 Å². The van der Waals surface area contributed by atoms with Gasteiger partial charge in [0.15, 0.2) is 0 Å². The first-order chi connectivity index (χ1) is 13.6. The zero-order chi connectivity index (χ0) is 19.8. The van der Waals surface area contributed by atoms with Gasteiger partial charge < -0.3 is 15.2 Å². The van der Waals surface area contributed by atoms with Gasteiger partial charge in [-0.1, -0.05) is 30.3 Å². The average molecular weight is 400 g/mol. The highest BCUT2D eigenvalue weighted by Crippen LogP contribution is 2.25. The summed E-state index contributed by atoms with van der Waals surface area (Å²) in [4.78, 5) is 25.1. The molecule has 0 aromatic heterocycles. The fraction of sp³-hybridized carbons (Fsp3) is 0.364. The third-order valence-corrected chi connectivity index (χ3v) is 6.08. The topological polar surface area (TPSA) is 75.6 Å². The normalized spacial score (nSPS) is 15.7. The van der Waals surface area contributed by atoms with Crippen LogP contribution in [0.3, 0.4) is 0 Å². The van der Waals surface area contributed by atoms with Gasteiger partial charge in [0, 0.05) is 36.0 Å². The number of rotatable bonds is 8. The first-order valence-electron chi connectivity index (χ1n) is 9.49. The fourth-order valence-corrected chi connectivity index (χ4v) is 4.18. The van der Waals surface area contributed by atoms with E-state index in [0.717, 1.165) is 23.5 Å². The molecule has 2 aromatic rings. The molecule has 1 unspecified atom stereocenters. The molecule has 5 nitrogen and oxygen atoms in total. The number of carboxylic acids is 1. The summed E-state index contributed by atoms with van der Waals surface area (Å²) in [6.07, 6.45) is 1.44. The molecule has 6 heteroatoms. The lowest BCUT2D eigenvalue weighted by Gasteiger charge is -2.27. The maximum Gasteiger partial charge on any atom is 0.308 e. The van der Waals surface area contributed by atoms with Gasteiger partial charge in [0.1, 0.15) is 0 Å². The van der Waals surface area contributed by atoms with Crippen LogP contribution >= 0.6 is 11.8 Å². The molecule has 0 radical (unpaired) electrons. The zero-order valence-electron chi connectivity index (χ0n) is 15.7. The van der Waals surface area contributed by atoms with Crippen molar-refractivity contribution in [2.75, 3.05) is 19.8 Å². The number of carboxylic acid groups (broad SMARTS) is 1. The van der Waals surface area contributed by atoms with E-state index < -0.39 is 11.9 Å². The van der Waals surface area contributed by atoms with Gasteiger partial charge in [0.05, 0.1) is 5.92 Å². The van der Waals surface area contributed by atoms with E-state index >= 15 is 0 Å². The molecule has 2 N–H and O–H groups in total. The van der Waals surface area contributed by atoms with Crippen LogP contribution < -0.4 is 5.32 Å². The molecule has 1 heterocycles. The lowest BCUT2D eigenvalue weighted by Crippen LogP contribution is -2.38. The molecule has 0 bridgehead atoms. The second-order valence-corrected chi connectivity index (χ2v) is 7.95. The van der Waals surface area contributed by atoms with E-state index in [9.17, 15) is 14.7 Å². The molecule has 1 fully saturated rings. The van der Waals surface area contributed by atoms with Crippen molar-refractivity contribution in [2.45, 2.75) is 23.5 Å². The number of aliphatic carboxylic acids is 1. The molecule has 1 aliphatic rings. The van der Waals surface area contributed by atoms with Crippen molar-refractivity contribution in [3.63, 3.8) is 0 Å². The molecule has 0 aliphatic carbocycles. The lowest BCUT2D eigenvalue weighted by molar-refractivity contribution is -0.144. The van der Waals surface area contributed by atoms with Crippen molar-refractivity contribution >= 4 is 23.6 Å². The molecule has 148 valence electrons. The summed E-state index contributed by atoms with van der Waals surface area (Å²) in [5, 5.41) is 12.3. The fourth-order valence-electron chi connectivity index (χ4n) is 3.32. The minimum Gasteiger partial charge on any atom is -0.481 e. The third-order valence-electron chi connectivity index (χ3n) is 5.00. The molecular weight excluding hydrogens is 374 g/mol. The molecule has 1 aliphatic heterocycles. The van der Waals surface area contributed by atoms with Crippen LogP contribution in [0.25, 0.3) is 0 Å². The summed E-state index contributed by atoms with van der Waals surface area (Å²) in [7, 11) is 0. The first kappa shape index (κ1) is 20.4. The maximum atomic E-state index is 12.4. The molecule has 0 spiro atoms. The number of carbonyl (C=O) groups excluding carboxylic acids is 1. The van der Waals surface area contributed by atoms with Crippen molar-refractivity contribution < 1.29 is 19.4 Å². The van der Waals surface area contributed by atoms with Gasteiger partial charge in [-0.3, -0.25) is 9.59 Å². The predicted molar refractivity (Wildman–Crippen MR) is 109 cm³/mol. The number of thioether (sulfide) groups is 1. The van der Waals surface area contributed by atoms with Gasteiger partial charge in [-0.25, -0.2) is 0 Å². The summed E-state index contributed by atoms with van der Waals surface area (Å²) in [5.41, 5.74) is 1.79. The van der Waals surface area contributed by atoms with E-state index in [-0.39, 0.29) is 18.4 Å². The van der Waals surface area contributed by atoms with Crippen LogP contribution in [-0.4, -0.2) is 36.7 Å². The molecule has 0 saturated carbocycles. The van der Waals surface area contributed by atoms with Gasteiger partial charge in [-0.2, -0.15) is 0 Å². The molecule has 1 amide bonds. The van der Waals surface area contributed by atoms with Gasteiger partial charge in [0.2, 0.25) is 0 Å². The quantitative estimate of drug-likeness (QED) is 0.660. The van der Waals surface area contributed by atoms with Crippen LogP contribution in [0.15, 0.2) is 59.5 Å². The summed E-state index contributed by atoms with van der Waals surface area (Å²) in [6, 6.07) is 17.6. The minimum atomic E-state index is -0.861. The third kappa shape index (κ3) is 5.84. The largest absolute Gasteiger partial charge is 0.481 e. The molecule has 2 aromatic carbocycles. The Morgan fingerprint density at radius 1 is 1.07 bits per heavy atom. The number of benzene rings is 2. The second-order valence-electron chi connectivity index (χ2n) is 6.90. The summed E-state index contributed by atoms with van der Waals surface area (Å²) >= 11 is 1.71. The number of hydrogen-bond acceptors (Lipinski definition) is 4. The van der Waals surface area contributed by atoms with Gasteiger partial charge in [-0.05, 0) is 48.6 Å². The minimum absolute atomic E-state index is 0.0447. The van der Waals surface area contributed by atoms with E-state index in [4.69, 9.17) is 4.74 Å². The van der Waals surface area contributed by atoms with E-state index in [1.165, 1.54) is 5.56 Å². The van der Waals surface area contributed by atoms with E-state index in [1.807, 2.05) is 30.3 Å². The summed E-state index contributed by atoms with van der Waals surface area (Å²) in [5.74, 6) is -0.757. The van der Waals surface area contributed by atoms with Gasteiger partial charge >= 0.3 is 5.97 Å². The van der Waals surface area contributed by atoms with Crippen LogP contribution in [0.4, 0.5) is 0 Å². The highest BCUT2D eigenvalue weighted by atomic mass is 32.2. The van der Waals surface area contributed by atoms with Crippen molar-refractivity contribution in [3.05, 3.63) is 65.7 Å². The van der Waals surface area contributed by atoms with Crippen molar-refractivity contribution in [1.29, 1.82) is 0 Å². The first-order valence-corrected chi connectivity index (χ1v) is 10.5. The number of carbonyl (C=O) groups is 2. The Hall–Kier alpha value is -2.31. The predicted octanol–water partition coefficient (Wildman–Crippen LogP) is 3.84. The van der Waals surface area contributed by atoms with E-state index in [1.54, 1.807) is 23.9 Å². The molecule has 1 atom stereocenters. The monoisotopic (exact) mass is 399 g/mol. The van der Waals surface area contributed by atoms with Crippen LogP contribution in [0.2, 0.25) is 0 Å².